The van der Waals surface area contributed by atoms with Gasteiger partial charge in [-0.3, -0.25) is 9.59 Å². The largest absolute Gasteiger partial charge is 0.506 e. The lowest BCUT2D eigenvalue weighted by molar-refractivity contribution is -0.156. The van der Waals surface area contributed by atoms with Gasteiger partial charge in [-0.15, -0.1) is 0 Å². The maximum Gasteiger partial charge on any atom is 0.321 e. The molecule has 58 heavy (non-hydrogen) atoms. The van der Waals surface area contributed by atoms with Gasteiger partial charge < -0.3 is 34.2 Å². The summed E-state index contributed by atoms with van der Waals surface area (Å²) in [5, 5.41) is 15.0. The van der Waals surface area contributed by atoms with Gasteiger partial charge in [0.05, 0.1) is 11.6 Å². The predicted octanol–water partition coefficient (Wildman–Crippen LogP) is 10.5. The van der Waals surface area contributed by atoms with Crippen LogP contribution in [0, 0.1) is 0 Å². The quantitative estimate of drug-likeness (QED) is 0.0517. The number of fused-ring (bicyclic) bond motifs is 3. The van der Waals surface area contributed by atoms with Crippen molar-refractivity contribution in [2.24, 2.45) is 0 Å². The molecule has 6 rings (SSSR count). The monoisotopic (exact) mass is 809 g/mol. The molecule has 0 radical (unpaired) electrons. The SMILES string of the molecule is CN(CCCCCCCCCNC[C@@H](O[Si](C)(C)C(C)(C)C)c1ccc(O)c2[nH]c(=O)ccc12)C1CCC(OC(=O)C2(C)c3ccccc3Oc3ccccc32)CC1. The van der Waals surface area contributed by atoms with E-state index in [4.69, 9.17) is 13.9 Å². The van der Waals surface area contributed by atoms with E-state index in [0.29, 0.717) is 18.1 Å². The molecule has 0 bridgehead atoms. The summed E-state index contributed by atoms with van der Waals surface area (Å²) in [4.78, 5) is 31.3. The molecule has 1 atom stereocenters. The van der Waals surface area contributed by atoms with E-state index in [1.54, 1.807) is 12.1 Å². The van der Waals surface area contributed by atoms with E-state index in [1.807, 2.05) is 61.5 Å². The van der Waals surface area contributed by atoms with E-state index >= 15 is 0 Å². The van der Waals surface area contributed by atoms with Gasteiger partial charge in [0, 0.05) is 35.2 Å². The summed E-state index contributed by atoms with van der Waals surface area (Å²) < 4.78 is 19.4. The number of carbonyl (C=O) groups excluding carboxylic acids is 1. The minimum Gasteiger partial charge on any atom is -0.506 e. The molecule has 1 aliphatic heterocycles. The molecule has 4 aromatic rings. The van der Waals surface area contributed by atoms with Crippen LogP contribution in [-0.4, -0.2) is 68.1 Å². The number of pyridine rings is 1. The number of rotatable bonds is 18. The Kier molecular flexibility index (Phi) is 14.3. The molecule has 314 valence electrons. The summed E-state index contributed by atoms with van der Waals surface area (Å²) in [6.07, 6.45) is 12.2. The summed E-state index contributed by atoms with van der Waals surface area (Å²) in [5.41, 5.74) is 2.03. The van der Waals surface area contributed by atoms with Crippen LogP contribution in [0.1, 0.15) is 121 Å². The normalized spacial score (nSPS) is 18.3. The molecule has 9 nitrogen and oxygen atoms in total. The third-order valence-electron chi connectivity index (χ3n) is 13.2. The number of phenols is 1. The molecule has 0 amide bonds. The number of phenolic OH excluding ortho intramolecular Hbond substituents is 1. The number of nitrogens with zero attached hydrogens (tertiary/aromatic N) is 1. The molecule has 0 saturated heterocycles. The fourth-order valence-electron chi connectivity index (χ4n) is 8.49. The molecule has 1 aliphatic carbocycles. The summed E-state index contributed by atoms with van der Waals surface area (Å²) in [5.74, 6) is 1.32. The number of para-hydroxylation sites is 2. The second kappa shape index (κ2) is 19.0. The Balaban J connectivity index is 0.866. The summed E-state index contributed by atoms with van der Waals surface area (Å²) in [6, 6.07) is 23.1. The van der Waals surface area contributed by atoms with Crippen LogP contribution in [0.4, 0.5) is 0 Å². The fraction of sp³-hybridized carbons (Fsp3) is 0.542. The predicted molar refractivity (Wildman–Crippen MR) is 237 cm³/mol. The van der Waals surface area contributed by atoms with Gasteiger partial charge in [0.25, 0.3) is 0 Å². The van der Waals surface area contributed by atoms with Crippen molar-refractivity contribution in [2.75, 3.05) is 26.7 Å². The van der Waals surface area contributed by atoms with Crippen LogP contribution in [-0.2, 0) is 19.4 Å². The van der Waals surface area contributed by atoms with E-state index in [2.05, 4.69) is 56.1 Å². The van der Waals surface area contributed by atoms with Gasteiger partial charge in [0.15, 0.2) is 8.32 Å². The van der Waals surface area contributed by atoms with Crippen molar-refractivity contribution in [2.45, 2.75) is 140 Å². The van der Waals surface area contributed by atoms with Gasteiger partial charge in [-0.2, -0.15) is 0 Å². The zero-order valence-electron chi connectivity index (χ0n) is 36.0. The van der Waals surface area contributed by atoms with E-state index in [-0.39, 0.29) is 34.5 Å². The van der Waals surface area contributed by atoms with Crippen molar-refractivity contribution in [3.05, 3.63) is 99.8 Å². The lowest BCUT2D eigenvalue weighted by Gasteiger charge is -2.39. The highest BCUT2D eigenvalue weighted by Crippen LogP contribution is 2.49. The average molecular weight is 810 g/mol. The molecule has 0 spiro atoms. The first-order chi connectivity index (χ1) is 27.7. The van der Waals surface area contributed by atoms with Crippen molar-refractivity contribution in [3.63, 3.8) is 0 Å². The number of esters is 1. The Labute approximate surface area is 347 Å². The Morgan fingerprint density at radius 1 is 0.897 bits per heavy atom. The number of carbonyl (C=O) groups is 1. The molecule has 1 aromatic heterocycles. The zero-order chi connectivity index (χ0) is 41.5. The van der Waals surface area contributed by atoms with Crippen LogP contribution in [0.15, 0.2) is 77.6 Å². The molecule has 1 fully saturated rings. The van der Waals surface area contributed by atoms with E-state index < -0.39 is 13.7 Å². The van der Waals surface area contributed by atoms with Crippen molar-refractivity contribution in [1.29, 1.82) is 0 Å². The number of aromatic hydroxyl groups is 1. The zero-order valence-corrected chi connectivity index (χ0v) is 37.0. The highest BCUT2D eigenvalue weighted by Gasteiger charge is 2.47. The topological polar surface area (TPSA) is 113 Å². The van der Waals surface area contributed by atoms with Crippen LogP contribution in [0.25, 0.3) is 10.9 Å². The number of benzene rings is 3. The summed E-state index contributed by atoms with van der Waals surface area (Å²) in [6.45, 7) is 15.9. The maximum atomic E-state index is 13.9. The van der Waals surface area contributed by atoms with Crippen LogP contribution < -0.4 is 15.6 Å². The first-order valence-electron chi connectivity index (χ1n) is 21.7. The van der Waals surface area contributed by atoms with Gasteiger partial charge in [-0.05, 0) is 114 Å². The molecule has 3 N–H and O–H groups in total. The summed E-state index contributed by atoms with van der Waals surface area (Å²) >= 11 is 0. The number of unbranched alkanes of at least 4 members (excludes halogenated alkanes) is 6. The number of ether oxygens (including phenoxy) is 2. The number of aromatic amines is 1. The van der Waals surface area contributed by atoms with Gasteiger partial charge in [0.2, 0.25) is 5.56 Å². The van der Waals surface area contributed by atoms with E-state index in [9.17, 15) is 14.7 Å². The molecule has 10 heteroatoms. The second-order valence-corrected chi connectivity index (χ2v) is 23.1. The van der Waals surface area contributed by atoms with Gasteiger partial charge in [-0.25, -0.2) is 0 Å². The molecule has 2 aliphatic rings. The van der Waals surface area contributed by atoms with Gasteiger partial charge in [0.1, 0.15) is 28.8 Å². The van der Waals surface area contributed by atoms with E-state index in [0.717, 1.165) is 78.8 Å². The first kappa shape index (κ1) is 43.6. The fourth-order valence-corrected chi connectivity index (χ4v) is 9.77. The third-order valence-corrected chi connectivity index (χ3v) is 17.7. The highest BCUT2D eigenvalue weighted by atomic mass is 28.4. The molecular formula is C48H67N3O6Si. The van der Waals surface area contributed by atoms with Crippen LogP contribution in [0.3, 0.4) is 0 Å². The average Bonchev–Trinajstić information content (AvgIpc) is 3.19. The van der Waals surface area contributed by atoms with Gasteiger partial charge in [-0.1, -0.05) is 95.3 Å². The minimum absolute atomic E-state index is 0.0482. The van der Waals surface area contributed by atoms with Crippen LogP contribution >= 0.6 is 0 Å². The number of nitrogens with one attached hydrogen (secondary N) is 2. The standard InChI is InChI=1S/C48H67N3O6Si/c1-47(2,3)58(6,7)57-43(36-27-29-40(52)45-37(36)28-30-44(53)50-45)33-49-31-17-11-9-8-10-12-18-32-51(5)34-23-25-35(26-24-34)55-46(54)48(4)38-19-13-15-21-41(38)56-42-22-16-14-20-39(42)48/h13-16,19-22,27-30,34-35,43,49,52H,8-12,17-18,23-26,31-33H2,1-7H3,(H,50,53)/t34?,35?,43-/m1/s1. The number of aromatic nitrogens is 1. The summed E-state index contributed by atoms with van der Waals surface area (Å²) in [7, 11) is 0.149. The molecule has 0 unspecified atom stereocenters. The first-order valence-corrected chi connectivity index (χ1v) is 24.6. The third kappa shape index (κ3) is 10.1. The van der Waals surface area contributed by atoms with Crippen molar-refractivity contribution in [1.82, 2.24) is 15.2 Å². The lowest BCUT2D eigenvalue weighted by Crippen LogP contribution is -2.43. The van der Waals surface area contributed by atoms with Crippen LogP contribution in [0.5, 0.6) is 17.2 Å². The Hall–Kier alpha value is -3.96. The Morgan fingerprint density at radius 3 is 2.14 bits per heavy atom. The maximum absolute atomic E-state index is 13.9. The smallest absolute Gasteiger partial charge is 0.321 e. The Morgan fingerprint density at radius 2 is 1.50 bits per heavy atom. The molecule has 2 heterocycles. The minimum atomic E-state index is -2.11. The second-order valence-electron chi connectivity index (χ2n) is 18.4. The van der Waals surface area contributed by atoms with Crippen molar-refractivity contribution >= 4 is 25.2 Å². The molecule has 3 aromatic carbocycles. The number of H-pyrrole nitrogens is 1. The van der Waals surface area contributed by atoms with E-state index in [1.165, 1.54) is 44.6 Å². The number of hydrogen-bond donors (Lipinski definition) is 3. The number of hydrogen-bond acceptors (Lipinski definition) is 8. The van der Waals surface area contributed by atoms with Crippen molar-refractivity contribution < 1.29 is 23.8 Å². The Bertz CT molecular complexity index is 2000. The molecule has 1 saturated carbocycles. The highest BCUT2D eigenvalue weighted by molar-refractivity contribution is 6.74. The van der Waals surface area contributed by atoms with Crippen LogP contribution in [0.2, 0.25) is 18.1 Å². The molecular weight excluding hydrogens is 743 g/mol. The van der Waals surface area contributed by atoms with Crippen molar-refractivity contribution in [3.8, 4) is 17.2 Å². The van der Waals surface area contributed by atoms with Gasteiger partial charge >= 0.3 is 5.97 Å². The lowest BCUT2D eigenvalue weighted by atomic mass is 9.74.